The lowest BCUT2D eigenvalue weighted by molar-refractivity contribution is -0.0768. The van der Waals surface area contributed by atoms with Crippen LogP contribution in [0.1, 0.15) is 27.1 Å². The highest BCUT2D eigenvalue weighted by Crippen LogP contribution is 2.35. The number of halogens is 1. The van der Waals surface area contributed by atoms with E-state index in [0.29, 0.717) is 31.1 Å². The standard InChI is InChI=1S/C20H21FN2O6/c1-26-16-11-18(28-3)17(27-2)10-15(16)19(24)22-14-8-12(7-13(21)9-14)20(25)23-5-4-6-29-23/h7-11H,4-6H2,1-3H3,(H,22,24). The van der Waals surface area contributed by atoms with Crippen molar-refractivity contribution in [2.24, 2.45) is 0 Å². The van der Waals surface area contributed by atoms with E-state index in [1.54, 1.807) is 0 Å². The molecule has 1 saturated heterocycles. The number of amides is 2. The van der Waals surface area contributed by atoms with Gasteiger partial charge in [0.1, 0.15) is 11.6 Å². The molecule has 9 heteroatoms. The number of hydrogen-bond donors (Lipinski definition) is 1. The number of carbonyl (C=O) groups excluding carboxylic acids is 2. The summed E-state index contributed by atoms with van der Waals surface area (Å²) < 4.78 is 29.7. The summed E-state index contributed by atoms with van der Waals surface area (Å²) in [5.74, 6) is -0.724. The number of nitrogens with one attached hydrogen (secondary N) is 1. The van der Waals surface area contributed by atoms with E-state index in [1.165, 1.54) is 44.6 Å². The summed E-state index contributed by atoms with van der Waals surface area (Å²) in [5, 5.41) is 3.76. The van der Waals surface area contributed by atoms with Gasteiger partial charge in [0.15, 0.2) is 11.5 Å². The average molecular weight is 404 g/mol. The summed E-state index contributed by atoms with van der Waals surface area (Å²) in [5.41, 5.74) is 0.348. The van der Waals surface area contributed by atoms with Gasteiger partial charge in [0.2, 0.25) is 0 Å². The van der Waals surface area contributed by atoms with Crippen LogP contribution in [0.25, 0.3) is 0 Å². The van der Waals surface area contributed by atoms with Gasteiger partial charge in [-0.15, -0.1) is 0 Å². The van der Waals surface area contributed by atoms with Crippen LogP contribution in [0.4, 0.5) is 10.1 Å². The summed E-state index contributed by atoms with van der Waals surface area (Å²) in [6.07, 6.45) is 0.712. The normalized spacial score (nSPS) is 13.2. The fraction of sp³-hybridized carbons (Fsp3) is 0.300. The molecule has 0 aromatic heterocycles. The van der Waals surface area contributed by atoms with Crippen molar-refractivity contribution in [3.63, 3.8) is 0 Å². The third-order valence-electron chi connectivity index (χ3n) is 4.33. The van der Waals surface area contributed by atoms with E-state index < -0.39 is 17.6 Å². The third-order valence-corrected chi connectivity index (χ3v) is 4.33. The van der Waals surface area contributed by atoms with Crippen LogP contribution < -0.4 is 19.5 Å². The van der Waals surface area contributed by atoms with Crippen LogP contribution in [0.3, 0.4) is 0 Å². The van der Waals surface area contributed by atoms with Gasteiger partial charge in [-0.05, 0) is 24.6 Å². The summed E-state index contributed by atoms with van der Waals surface area (Å²) in [6.45, 7) is 0.865. The average Bonchev–Trinajstić information content (AvgIpc) is 3.26. The lowest BCUT2D eigenvalue weighted by atomic mass is 10.1. The van der Waals surface area contributed by atoms with E-state index in [0.717, 1.165) is 12.1 Å². The van der Waals surface area contributed by atoms with Gasteiger partial charge in [0, 0.05) is 23.4 Å². The Morgan fingerprint density at radius 3 is 2.31 bits per heavy atom. The number of benzene rings is 2. The molecule has 0 spiro atoms. The van der Waals surface area contributed by atoms with Gasteiger partial charge < -0.3 is 19.5 Å². The number of hydrogen-bond acceptors (Lipinski definition) is 6. The molecular formula is C20H21FN2O6. The maximum absolute atomic E-state index is 14.1. The summed E-state index contributed by atoms with van der Waals surface area (Å²) in [6, 6.07) is 6.57. The Balaban J connectivity index is 1.88. The smallest absolute Gasteiger partial charge is 0.277 e. The molecule has 2 aromatic rings. The molecule has 1 aliphatic rings. The lowest BCUT2D eigenvalue weighted by Gasteiger charge is -2.16. The second-order valence-electron chi connectivity index (χ2n) is 6.18. The van der Waals surface area contributed by atoms with E-state index in [-0.39, 0.29) is 22.6 Å². The quantitative estimate of drug-likeness (QED) is 0.797. The molecule has 0 bridgehead atoms. The zero-order chi connectivity index (χ0) is 21.0. The first-order valence-electron chi connectivity index (χ1n) is 8.83. The van der Waals surface area contributed by atoms with Crippen LogP contribution in [0.5, 0.6) is 17.2 Å². The highest BCUT2D eigenvalue weighted by Gasteiger charge is 2.23. The van der Waals surface area contributed by atoms with Crippen molar-refractivity contribution >= 4 is 17.5 Å². The highest BCUT2D eigenvalue weighted by atomic mass is 19.1. The number of hydroxylamine groups is 2. The second-order valence-corrected chi connectivity index (χ2v) is 6.18. The fourth-order valence-corrected chi connectivity index (χ4v) is 2.94. The van der Waals surface area contributed by atoms with E-state index >= 15 is 0 Å². The van der Waals surface area contributed by atoms with E-state index in [2.05, 4.69) is 5.32 Å². The number of nitrogens with zero attached hydrogens (tertiary/aromatic N) is 1. The molecule has 2 aromatic carbocycles. The topological polar surface area (TPSA) is 86.3 Å². The van der Waals surface area contributed by atoms with Gasteiger partial charge in [-0.2, -0.15) is 0 Å². The largest absolute Gasteiger partial charge is 0.496 e. The van der Waals surface area contributed by atoms with Crippen molar-refractivity contribution in [3.8, 4) is 17.2 Å². The van der Waals surface area contributed by atoms with Crippen molar-refractivity contribution < 1.29 is 33.0 Å². The van der Waals surface area contributed by atoms with Crippen LogP contribution in [-0.2, 0) is 4.84 Å². The monoisotopic (exact) mass is 404 g/mol. The van der Waals surface area contributed by atoms with Gasteiger partial charge in [-0.1, -0.05) is 0 Å². The zero-order valence-corrected chi connectivity index (χ0v) is 16.3. The van der Waals surface area contributed by atoms with Crippen LogP contribution in [0.2, 0.25) is 0 Å². The number of ether oxygens (including phenoxy) is 3. The molecule has 29 heavy (non-hydrogen) atoms. The lowest BCUT2D eigenvalue weighted by Crippen LogP contribution is -2.26. The summed E-state index contributed by atoms with van der Waals surface area (Å²) in [7, 11) is 4.32. The van der Waals surface area contributed by atoms with Crippen LogP contribution in [0, 0.1) is 5.82 Å². The van der Waals surface area contributed by atoms with E-state index in [4.69, 9.17) is 19.0 Å². The first kappa shape index (κ1) is 20.4. The Bertz CT molecular complexity index is 927. The first-order chi connectivity index (χ1) is 14.0. The molecule has 0 atom stereocenters. The van der Waals surface area contributed by atoms with Crippen molar-refractivity contribution in [2.75, 3.05) is 39.8 Å². The number of methoxy groups -OCH3 is 3. The summed E-state index contributed by atoms with van der Waals surface area (Å²) in [4.78, 5) is 30.4. The molecule has 8 nitrogen and oxygen atoms in total. The fourth-order valence-electron chi connectivity index (χ4n) is 2.94. The van der Waals surface area contributed by atoms with Gasteiger partial charge >= 0.3 is 0 Å². The summed E-state index contributed by atoms with van der Waals surface area (Å²) >= 11 is 0. The Hall–Kier alpha value is -3.33. The molecule has 0 aliphatic carbocycles. The maximum atomic E-state index is 14.1. The Morgan fingerprint density at radius 1 is 1.00 bits per heavy atom. The molecule has 2 amide bonds. The molecule has 1 heterocycles. The predicted molar refractivity (Wildman–Crippen MR) is 102 cm³/mol. The minimum atomic E-state index is -0.662. The zero-order valence-electron chi connectivity index (χ0n) is 16.3. The number of carbonyl (C=O) groups is 2. The van der Waals surface area contributed by atoms with Crippen LogP contribution >= 0.6 is 0 Å². The predicted octanol–water partition coefficient (Wildman–Crippen LogP) is 2.88. The van der Waals surface area contributed by atoms with E-state index in [1.807, 2.05) is 0 Å². The molecule has 1 aliphatic heterocycles. The Kier molecular flexibility index (Phi) is 6.18. The SMILES string of the molecule is COc1cc(OC)c(C(=O)Nc2cc(F)cc(C(=O)N3CCCO3)c2)cc1OC. The van der Waals surface area contributed by atoms with E-state index in [9.17, 15) is 14.0 Å². The van der Waals surface area contributed by atoms with Crippen LogP contribution in [0.15, 0.2) is 30.3 Å². The second kappa shape index (κ2) is 8.78. The number of rotatable bonds is 6. The molecular weight excluding hydrogens is 383 g/mol. The number of anilines is 1. The van der Waals surface area contributed by atoms with Crippen LogP contribution in [-0.4, -0.2) is 51.4 Å². The Labute approximate surface area is 167 Å². The van der Waals surface area contributed by atoms with Crippen molar-refractivity contribution in [1.82, 2.24) is 5.06 Å². The molecule has 1 fully saturated rings. The first-order valence-corrected chi connectivity index (χ1v) is 8.83. The maximum Gasteiger partial charge on any atom is 0.277 e. The molecule has 154 valence electrons. The van der Waals surface area contributed by atoms with Crippen molar-refractivity contribution in [2.45, 2.75) is 6.42 Å². The minimum Gasteiger partial charge on any atom is -0.496 e. The third kappa shape index (κ3) is 4.40. The highest BCUT2D eigenvalue weighted by molar-refractivity contribution is 6.07. The molecule has 3 rings (SSSR count). The van der Waals surface area contributed by atoms with Crippen molar-refractivity contribution in [3.05, 3.63) is 47.3 Å². The minimum absolute atomic E-state index is 0.0708. The van der Waals surface area contributed by atoms with Crippen molar-refractivity contribution in [1.29, 1.82) is 0 Å². The van der Waals surface area contributed by atoms with Gasteiger partial charge in [0.05, 0.1) is 40.0 Å². The molecule has 0 saturated carbocycles. The molecule has 0 radical (unpaired) electrons. The van der Waals surface area contributed by atoms with Gasteiger partial charge in [0.25, 0.3) is 11.8 Å². The molecule has 1 N–H and O–H groups in total. The molecule has 0 unspecified atom stereocenters. The Morgan fingerprint density at radius 2 is 1.69 bits per heavy atom. The van der Waals surface area contributed by atoms with Gasteiger partial charge in [-0.3, -0.25) is 14.4 Å². The van der Waals surface area contributed by atoms with Gasteiger partial charge in [-0.25, -0.2) is 9.45 Å².